The summed E-state index contributed by atoms with van der Waals surface area (Å²) in [6.07, 6.45) is -0.814. The summed E-state index contributed by atoms with van der Waals surface area (Å²) in [6, 6.07) is 0.435. The van der Waals surface area contributed by atoms with Gasteiger partial charge in [0.25, 0.3) is 0 Å². The second kappa shape index (κ2) is 2.85. The zero-order chi connectivity index (χ0) is 9.47. The van der Waals surface area contributed by atoms with Gasteiger partial charge in [0.1, 0.15) is 0 Å². The zero-order valence-corrected chi connectivity index (χ0v) is 7.71. The normalized spacial score (nSPS) is 31.5. The highest BCUT2D eigenvalue weighted by atomic mass is 16.4. The van der Waals surface area contributed by atoms with Crippen LogP contribution in [0.3, 0.4) is 0 Å². The topological polar surface area (TPSA) is 64.6 Å². The minimum atomic E-state index is -0.814. The molecule has 0 unspecified atom stereocenters. The Morgan fingerprint density at radius 3 is 2.85 bits per heavy atom. The van der Waals surface area contributed by atoms with Crippen LogP contribution >= 0.6 is 0 Å². The largest absolute Gasteiger partial charge is 0.465 e. The van der Waals surface area contributed by atoms with Gasteiger partial charge in [0.15, 0.2) is 0 Å². The summed E-state index contributed by atoms with van der Waals surface area (Å²) >= 11 is 0. The first-order valence-electron chi connectivity index (χ1n) is 4.58. The first kappa shape index (κ1) is 8.77. The van der Waals surface area contributed by atoms with E-state index in [9.17, 15) is 4.79 Å². The van der Waals surface area contributed by atoms with Crippen molar-refractivity contribution in [1.29, 1.82) is 0 Å². The van der Waals surface area contributed by atoms with Gasteiger partial charge in [0.05, 0.1) is 5.54 Å². The van der Waals surface area contributed by atoms with Crippen LogP contribution in [0, 0.1) is 0 Å². The third-order valence-electron chi connectivity index (χ3n) is 2.72. The highest BCUT2D eigenvalue weighted by Crippen LogP contribution is 2.22. The molecule has 0 saturated carbocycles. The Kier molecular flexibility index (Phi) is 1.92. The van der Waals surface area contributed by atoms with Crippen molar-refractivity contribution < 1.29 is 9.90 Å². The van der Waals surface area contributed by atoms with Crippen molar-refractivity contribution in [2.75, 3.05) is 26.2 Å². The molecule has 5 heteroatoms. The van der Waals surface area contributed by atoms with Gasteiger partial charge in [-0.1, -0.05) is 0 Å². The number of likely N-dealkylation sites (tertiary alicyclic amines) is 1. The molecular formula is C8H15N3O2. The highest BCUT2D eigenvalue weighted by molar-refractivity contribution is 5.66. The third kappa shape index (κ3) is 1.49. The lowest BCUT2D eigenvalue weighted by Crippen LogP contribution is -2.78. The van der Waals surface area contributed by atoms with Gasteiger partial charge in [-0.15, -0.1) is 0 Å². The molecule has 0 radical (unpaired) electrons. The van der Waals surface area contributed by atoms with Gasteiger partial charge < -0.3 is 20.6 Å². The van der Waals surface area contributed by atoms with Gasteiger partial charge in [0, 0.05) is 32.2 Å². The molecule has 2 aliphatic heterocycles. The highest BCUT2D eigenvalue weighted by Gasteiger charge is 2.47. The van der Waals surface area contributed by atoms with Crippen molar-refractivity contribution in [2.45, 2.75) is 18.5 Å². The first-order chi connectivity index (χ1) is 6.11. The van der Waals surface area contributed by atoms with E-state index in [1.54, 1.807) is 0 Å². The average molecular weight is 185 g/mol. The van der Waals surface area contributed by atoms with E-state index in [-0.39, 0.29) is 5.54 Å². The second-order valence-corrected chi connectivity index (χ2v) is 4.10. The van der Waals surface area contributed by atoms with E-state index >= 15 is 0 Å². The molecule has 2 saturated heterocycles. The molecule has 0 bridgehead atoms. The van der Waals surface area contributed by atoms with E-state index in [0.29, 0.717) is 19.1 Å². The number of hydrogen-bond donors (Lipinski definition) is 3. The van der Waals surface area contributed by atoms with Crippen LogP contribution in [-0.4, -0.2) is 53.9 Å². The fourth-order valence-corrected chi connectivity index (χ4v) is 2.18. The third-order valence-corrected chi connectivity index (χ3v) is 2.72. The van der Waals surface area contributed by atoms with Gasteiger partial charge in [-0.05, 0) is 6.92 Å². The molecule has 74 valence electrons. The summed E-state index contributed by atoms with van der Waals surface area (Å²) in [5.74, 6) is 0. The zero-order valence-electron chi connectivity index (χ0n) is 7.71. The average Bonchev–Trinajstić information content (AvgIpc) is 1.99. The minimum absolute atomic E-state index is 0.00998. The number of carboxylic acid groups (broad SMARTS) is 1. The first-order valence-corrected chi connectivity index (χ1v) is 4.58. The monoisotopic (exact) mass is 185 g/mol. The maximum Gasteiger partial charge on any atom is 0.407 e. The lowest BCUT2D eigenvalue weighted by molar-refractivity contribution is 0.0260. The quantitative estimate of drug-likeness (QED) is 0.467. The Morgan fingerprint density at radius 1 is 1.62 bits per heavy atom. The van der Waals surface area contributed by atoms with Crippen LogP contribution in [0.1, 0.15) is 6.92 Å². The summed E-state index contributed by atoms with van der Waals surface area (Å²) in [5, 5.41) is 15.4. The summed E-state index contributed by atoms with van der Waals surface area (Å²) < 4.78 is 0. The van der Waals surface area contributed by atoms with Crippen molar-refractivity contribution in [3.63, 3.8) is 0 Å². The molecule has 0 aliphatic carbocycles. The van der Waals surface area contributed by atoms with Crippen LogP contribution < -0.4 is 10.6 Å². The smallest absolute Gasteiger partial charge is 0.407 e. The number of piperazine rings is 1. The van der Waals surface area contributed by atoms with Crippen molar-refractivity contribution in [3.05, 3.63) is 0 Å². The molecule has 13 heavy (non-hydrogen) atoms. The summed E-state index contributed by atoms with van der Waals surface area (Å²) in [7, 11) is 0. The minimum Gasteiger partial charge on any atom is -0.465 e. The molecule has 1 atom stereocenters. The Labute approximate surface area is 77.1 Å². The lowest BCUT2D eigenvalue weighted by Gasteiger charge is -2.53. The van der Waals surface area contributed by atoms with Crippen molar-refractivity contribution in [1.82, 2.24) is 15.5 Å². The molecule has 0 aromatic rings. The van der Waals surface area contributed by atoms with Crippen molar-refractivity contribution in [3.8, 4) is 0 Å². The van der Waals surface area contributed by atoms with Crippen LogP contribution in [0.2, 0.25) is 0 Å². The number of rotatable bonds is 0. The molecule has 3 N–H and O–H groups in total. The number of amides is 1. The Balaban J connectivity index is 1.91. The van der Waals surface area contributed by atoms with E-state index < -0.39 is 6.09 Å². The van der Waals surface area contributed by atoms with E-state index in [1.165, 1.54) is 4.90 Å². The van der Waals surface area contributed by atoms with Crippen LogP contribution in [0.4, 0.5) is 4.79 Å². The molecule has 2 fully saturated rings. The number of nitrogens with one attached hydrogen (secondary N) is 2. The van der Waals surface area contributed by atoms with Gasteiger partial charge >= 0.3 is 6.09 Å². The van der Waals surface area contributed by atoms with Gasteiger partial charge in [-0.3, -0.25) is 0 Å². The van der Waals surface area contributed by atoms with Gasteiger partial charge in [-0.25, -0.2) is 4.79 Å². The standard InChI is InChI=1S/C8H15N3O2/c1-6-2-9-3-8(10-6)4-11(5-8)7(12)13/h6,9-10H,2-5H2,1H3,(H,12,13)/t6-/m1/s1. The Bertz CT molecular complexity index is 225. The van der Waals surface area contributed by atoms with Crippen molar-refractivity contribution >= 4 is 6.09 Å². The fraction of sp³-hybridized carbons (Fsp3) is 0.875. The van der Waals surface area contributed by atoms with Gasteiger partial charge in [-0.2, -0.15) is 0 Å². The lowest BCUT2D eigenvalue weighted by atomic mass is 9.87. The predicted molar refractivity (Wildman–Crippen MR) is 47.8 cm³/mol. The van der Waals surface area contributed by atoms with E-state index in [2.05, 4.69) is 17.6 Å². The van der Waals surface area contributed by atoms with Gasteiger partial charge in [0.2, 0.25) is 0 Å². The molecule has 2 rings (SSSR count). The van der Waals surface area contributed by atoms with Crippen LogP contribution in [0.25, 0.3) is 0 Å². The molecule has 1 amide bonds. The fourth-order valence-electron chi connectivity index (χ4n) is 2.18. The summed E-state index contributed by atoms with van der Waals surface area (Å²) in [4.78, 5) is 12.0. The predicted octanol–water partition coefficient (Wildman–Crippen LogP) is -0.700. The Morgan fingerprint density at radius 2 is 2.31 bits per heavy atom. The molecule has 0 aromatic heterocycles. The van der Waals surface area contributed by atoms with Crippen LogP contribution in [0.15, 0.2) is 0 Å². The van der Waals surface area contributed by atoms with Crippen LogP contribution in [0.5, 0.6) is 0 Å². The van der Waals surface area contributed by atoms with E-state index in [0.717, 1.165) is 13.1 Å². The second-order valence-electron chi connectivity index (χ2n) is 4.10. The number of hydrogen-bond acceptors (Lipinski definition) is 3. The maximum atomic E-state index is 10.6. The van der Waals surface area contributed by atoms with Crippen molar-refractivity contribution in [2.24, 2.45) is 0 Å². The van der Waals surface area contributed by atoms with E-state index in [4.69, 9.17) is 5.11 Å². The molecule has 2 heterocycles. The van der Waals surface area contributed by atoms with E-state index in [1.807, 2.05) is 0 Å². The molecule has 2 aliphatic rings. The molecular weight excluding hydrogens is 170 g/mol. The SMILES string of the molecule is C[C@@H]1CNCC2(CN(C(=O)O)C2)N1. The van der Waals surface area contributed by atoms with Crippen LogP contribution in [-0.2, 0) is 0 Å². The molecule has 1 spiro atoms. The number of nitrogens with zero attached hydrogens (tertiary/aromatic N) is 1. The number of carbonyl (C=O) groups is 1. The summed E-state index contributed by atoms with van der Waals surface area (Å²) in [5.41, 5.74) is 0.00998. The molecule has 0 aromatic carbocycles. The Hall–Kier alpha value is -0.810. The molecule has 5 nitrogen and oxygen atoms in total. The summed E-state index contributed by atoms with van der Waals surface area (Å²) in [6.45, 7) is 5.17. The maximum absolute atomic E-state index is 10.6.